The number of aryl methyl sites for hydroxylation is 1. The number of piperidine rings is 1. The van der Waals surface area contributed by atoms with Gasteiger partial charge in [0.2, 0.25) is 5.91 Å². The molecule has 1 aliphatic carbocycles. The number of carbonyl (C=O) groups is 1. The highest BCUT2D eigenvalue weighted by atomic mass is 32.2. The van der Waals surface area contributed by atoms with Crippen LogP contribution >= 0.6 is 11.8 Å². The molecule has 2 aliphatic rings. The smallest absolute Gasteiger partial charge is 0.233 e. The van der Waals surface area contributed by atoms with Crippen LogP contribution in [0.4, 0.5) is 0 Å². The summed E-state index contributed by atoms with van der Waals surface area (Å²) in [5, 5.41) is 1.05. The molecule has 134 valence electrons. The minimum atomic E-state index is 0.278. The van der Waals surface area contributed by atoms with Gasteiger partial charge in [0.15, 0.2) is 5.16 Å². The van der Waals surface area contributed by atoms with Crippen LogP contribution in [-0.2, 0) is 4.79 Å². The lowest BCUT2D eigenvalue weighted by Crippen LogP contribution is -2.43. The van der Waals surface area contributed by atoms with Crippen molar-refractivity contribution >= 4 is 17.7 Å². The van der Waals surface area contributed by atoms with Crippen LogP contribution in [0.5, 0.6) is 0 Å². The number of hydrogen-bond donors (Lipinski definition) is 0. The van der Waals surface area contributed by atoms with Crippen LogP contribution in [-0.4, -0.2) is 38.7 Å². The Morgan fingerprint density at radius 3 is 2.54 bits per heavy atom. The van der Waals surface area contributed by atoms with Crippen molar-refractivity contribution in [1.29, 1.82) is 0 Å². The van der Waals surface area contributed by atoms with Crippen molar-refractivity contribution in [2.75, 3.05) is 12.3 Å². The second-order valence-electron chi connectivity index (χ2n) is 7.45. The van der Waals surface area contributed by atoms with Gasteiger partial charge in [-0.3, -0.25) is 4.79 Å². The molecule has 1 aromatic heterocycles. The highest BCUT2D eigenvalue weighted by Gasteiger charge is 2.25. The average Bonchev–Trinajstić information content (AvgIpc) is 2.88. The molecule has 0 N–H and O–H groups in total. The molecule has 1 saturated heterocycles. The van der Waals surface area contributed by atoms with Crippen LogP contribution in [0.1, 0.15) is 75.7 Å². The van der Waals surface area contributed by atoms with E-state index in [1.54, 1.807) is 11.8 Å². The molecule has 4 nitrogen and oxygen atoms in total. The Bertz CT molecular complexity index is 577. The summed E-state index contributed by atoms with van der Waals surface area (Å²) in [7, 11) is 0. The van der Waals surface area contributed by atoms with Gasteiger partial charge in [-0.25, -0.2) is 4.98 Å². The summed E-state index contributed by atoms with van der Waals surface area (Å²) in [5.74, 6) is 0.799. The average molecular weight is 350 g/mol. The van der Waals surface area contributed by atoms with E-state index >= 15 is 0 Å². The number of aromatic nitrogens is 2. The fourth-order valence-corrected chi connectivity index (χ4v) is 5.19. The summed E-state index contributed by atoms with van der Waals surface area (Å²) in [6.07, 6.45) is 10.0. The maximum atomic E-state index is 12.6. The standard InChI is InChI=1S/C19H31N3OS/c1-14-9-7-8-12-21(14)18(23)13-24-19-20-15(2)16(3)22(19)17-10-5-4-6-11-17/h14,17H,4-13H2,1-3H3. The summed E-state index contributed by atoms with van der Waals surface area (Å²) in [4.78, 5) is 19.5. The molecule has 5 heteroatoms. The largest absolute Gasteiger partial charge is 0.339 e. The molecule has 0 bridgehead atoms. The van der Waals surface area contributed by atoms with Crippen molar-refractivity contribution in [2.24, 2.45) is 0 Å². The third-order valence-electron chi connectivity index (χ3n) is 5.74. The number of amides is 1. The normalized spacial score (nSPS) is 22.8. The lowest BCUT2D eigenvalue weighted by atomic mass is 9.95. The first-order chi connectivity index (χ1) is 11.6. The van der Waals surface area contributed by atoms with Crippen LogP contribution in [0.2, 0.25) is 0 Å². The fourth-order valence-electron chi connectivity index (χ4n) is 4.14. The molecule has 0 spiro atoms. The second kappa shape index (κ2) is 7.94. The monoisotopic (exact) mass is 349 g/mol. The molecule has 1 amide bonds. The van der Waals surface area contributed by atoms with Gasteiger partial charge in [0.05, 0.1) is 11.4 Å². The Balaban J connectivity index is 1.68. The highest BCUT2D eigenvalue weighted by molar-refractivity contribution is 7.99. The zero-order valence-corrected chi connectivity index (χ0v) is 16.2. The Morgan fingerprint density at radius 2 is 1.83 bits per heavy atom. The van der Waals surface area contributed by atoms with Gasteiger partial charge in [0.25, 0.3) is 0 Å². The highest BCUT2D eigenvalue weighted by Crippen LogP contribution is 2.34. The predicted octanol–water partition coefficient (Wildman–Crippen LogP) is 4.50. The van der Waals surface area contributed by atoms with E-state index in [1.807, 2.05) is 0 Å². The van der Waals surface area contributed by atoms with Crippen LogP contribution in [0.3, 0.4) is 0 Å². The third kappa shape index (κ3) is 3.81. The quantitative estimate of drug-likeness (QED) is 0.751. The Hall–Kier alpha value is -0.970. The first kappa shape index (κ1) is 17.8. The van der Waals surface area contributed by atoms with Crippen molar-refractivity contribution in [3.05, 3.63) is 11.4 Å². The van der Waals surface area contributed by atoms with E-state index in [4.69, 9.17) is 4.98 Å². The van der Waals surface area contributed by atoms with E-state index < -0.39 is 0 Å². The summed E-state index contributed by atoms with van der Waals surface area (Å²) in [6, 6.07) is 0.972. The van der Waals surface area contributed by atoms with E-state index in [-0.39, 0.29) is 5.91 Å². The molecule has 0 aromatic carbocycles. The van der Waals surface area contributed by atoms with Gasteiger partial charge >= 0.3 is 0 Å². The van der Waals surface area contributed by atoms with E-state index in [9.17, 15) is 4.79 Å². The summed E-state index contributed by atoms with van der Waals surface area (Å²) >= 11 is 1.64. The van der Waals surface area contributed by atoms with Crippen LogP contribution in [0, 0.1) is 13.8 Å². The number of likely N-dealkylation sites (tertiary alicyclic amines) is 1. The molecule has 2 fully saturated rings. The van der Waals surface area contributed by atoms with Crippen molar-refractivity contribution in [3.8, 4) is 0 Å². The van der Waals surface area contributed by atoms with Gasteiger partial charge in [0, 0.05) is 24.3 Å². The van der Waals surface area contributed by atoms with E-state index in [0.717, 1.165) is 30.2 Å². The topological polar surface area (TPSA) is 38.1 Å². The van der Waals surface area contributed by atoms with Crippen LogP contribution in [0.25, 0.3) is 0 Å². The van der Waals surface area contributed by atoms with Gasteiger partial charge in [-0.15, -0.1) is 0 Å². The molecule has 1 unspecified atom stereocenters. The zero-order chi connectivity index (χ0) is 17.1. The molecule has 1 saturated carbocycles. The Labute approximate surface area is 150 Å². The summed E-state index contributed by atoms with van der Waals surface area (Å²) in [6.45, 7) is 7.37. The van der Waals surface area contributed by atoms with Crippen molar-refractivity contribution in [3.63, 3.8) is 0 Å². The molecular formula is C19H31N3OS. The Kier molecular flexibility index (Phi) is 5.90. The van der Waals surface area contributed by atoms with Gasteiger partial charge < -0.3 is 9.47 Å². The van der Waals surface area contributed by atoms with Crippen molar-refractivity contribution in [1.82, 2.24) is 14.5 Å². The molecule has 1 aliphatic heterocycles. The lowest BCUT2D eigenvalue weighted by Gasteiger charge is -2.33. The van der Waals surface area contributed by atoms with Gasteiger partial charge in [-0.2, -0.15) is 0 Å². The van der Waals surface area contributed by atoms with Gasteiger partial charge in [0.1, 0.15) is 0 Å². The predicted molar refractivity (Wildman–Crippen MR) is 99.6 cm³/mol. The fraction of sp³-hybridized carbons (Fsp3) is 0.789. The Morgan fingerprint density at radius 1 is 1.12 bits per heavy atom. The third-order valence-corrected chi connectivity index (χ3v) is 6.68. The number of thioether (sulfide) groups is 1. The first-order valence-corrected chi connectivity index (χ1v) is 10.5. The molecule has 1 atom stereocenters. The SMILES string of the molecule is Cc1nc(SCC(=O)N2CCCCC2C)n(C2CCCCC2)c1C. The van der Waals surface area contributed by atoms with E-state index in [1.165, 1.54) is 44.2 Å². The van der Waals surface area contributed by atoms with Gasteiger partial charge in [-0.1, -0.05) is 31.0 Å². The number of hydrogen-bond acceptors (Lipinski definition) is 3. The lowest BCUT2D eigenvalue weighted by molar-refractivity contribution is -0.131. The van der Waals surface area contributed by atoms with Gasteiger partial charge in [-0.05, 0) is 52.9 Å². The maximum Gasteiger partial charge on any atom is 0.233 e. The first-order valence-electron chi connectivity index (χ1n) is 9.55. The number of carbonyl (C=O) groups excluding carboxylic acids is 1. The molecule has 0 radical (unpaired) electrons. The number of nitrogens with zero attached hydrogens (tertiary/aromatic N) is 3. The molecular weight excluding hydrogens is 318 g/mol. The maximum absolute atomic E-state index is 12.6. The summed E-state index contributed by atoms with van der Waals surface area (Å²) in [5.41, 5.74) is 2.39. The second-order valence-corrected chi connectivity index (χ2v) is 8.39. The summed E-state index contributed by atoms with van der Waals surface area (Å²) < 4.78 is 2.42. The van der Waals surface area contributed by atoms with Crippen LogP contribution in [0.15, 0.2) is 5.16 Å². The number of rotatable bonds is 4. The minimum absolute atomic E-state index is 0.278. The van der Waals surface area contributed by atoms with E-state index in [2.05, 4.69) is 30.2 Å². The van der Waals surface area contributed by atoms with Crippen molar-refractivity contribution < 1.29 is 4.79 Å². The van der Waals surface area contributed by atoms with Crippen molar-refractivity contribution in [2.45, 2.75) is 89.4 Å². The number of imidazole rings is 1. The van der Waals surface area contributed by atoms with E-state index in [0.29, 0.717) is 17.8 Å². The van der Waals surface area contributed by atoms with Crippen LogP contribution < -0.4 is 0 Å². The molecule has 1 aromatic rings. The zero-order valence-electron chi connectivity index (χ0n) is 15.4. The molecule has 2 heterocycles. The molecule has 3 rings (SSSR count). The minimum Gasteiger partial charge on any atom is -0.339 e. The molecule has 24 heavy (non-hydrogen) atoms.